The van der Waals surface area contributed by atoms with Crippen LogP contribution in [0.25, 0.3) is 0 Å². The number of hydrogen-bond donors (Lipinski definition) is 2. The molecule has 0 amide bonds. The van der Waals surface area contributed by atoms with Crippen molar-refractivity contribution < 1.29 is 21.6 Å². The van der Waals surface area contributed by atoms with Gasteiger partial charge in [0, 0.05) is 5.69 Å². The topological polar surface area (TPSA) is 72.2 Å². The Kier molecular flexibility index (Phi) is 7.76. The molecule has 0 fully saturated rings. The van der Waals surface area contributed by atoms with Crippen LogP contribution < -0.4 is 10.5 Å². The fourth-order valence-corrected chi connectivity index (χ4v) is 2.39. The standard InChI is InChI=1S/C10H14.C7H7F3N2O2S/c1-2-3-7-10-8-5-4-6-9-10;8-7(9,10)15(13,14)12-6-3-1-2-5(11)4-6/h4-6,8-9H,2-3,7H2,1H3;1-4,12H,11H2. The lowest BCUT2D eigenvalue weighted by molar-refractivity contribution is -0.0429. The van der Waals surface area contributed by atoms with Crippen LogP contribution in [0, 0.1) is 0 Å². The maximum Gasteiger partial charge on any atom is 0.516 e. The van der Waals surface area contributed by atoms with E-state index < -0.39 is 15.5 Å². The van der Waals surface area contributed by atoms with E-state index in [0.29, 0.717) is 0 Å². The van der Waals surface area contributed by atoms with Crippen LogP contribution in [0.1, 0.15) is 25.3 Å². The van der Waals surface area contributed by atoms with Crippen LogP contribution in [0.15, 0.2) is 54.6 Å². The molecule has 0 aliphatic carbocycles. The van der Waals surface area contributed by atoms with Crippen LogP contribution in [0.4, 0.5) is 24.5 Å². The second-order valence-corrected chi connectivity index (χ2v) is 6.94. The molecule has 4 nitrogen and oxygen atoms in total. The van der Waals surface area contributed by atoms with E-state index in [1.54, 1.807) is 0 Å². The summed E-state index contributed by atoms with van der Waals surface area (Å²) in [6.07, 6.45) is 3.83. The number of anilines is 2. The first-order valence-corrected chi connectivity index (χ1v) is 9.12. The van der Waals surface area contributed by atoms with Crippen molar-refractivity contribution in [3.05, 3.63) is 60.2 Å². The molecule has 0 aliphatic rings. The molecular formula is C17H21F3N2O2S. The number of nitrogen functional groups attached to an aromatic ring is 1. The second-order valence-electron chi connectivity index (χ2n) is 5.27. The van der Waals surface area contributed by atoms with Gasteiger partial charge in [-0.3, -0.25) is 4.72 Å². The average Bonchev–Trinajstić information content (AvgIpc) is 2.53. The minimum Gasteiger partial charge on any atom is -0.399 e. The number of rotatable bonds is 5. The van der Waals surface area contributed by atoms with Gasteiger partial charge in [-0.25, -0.2) is 0 Å². The van der Waals surface area contributed by atoms with Crippen molar-refractivity contribution in [2.45, 2.75) is 31.7 Å². The Morgan fingerprint density at radius 1 is 1.04 bits per heavy atom. The molecule has 0 radical (unpaired) electrons. The molecular weight excluding hydrogens is 353 g/mol. The van der Waals surface area contributed by atoms with E-state index in [9.17, 15) is 21.6 Å². The van der Waals surface area contributed by atoms with E-state index in [-0.39, 0.29) is 11.4 Å². The molecule has 0 aromatic heterocycles. The molecule has 138 valence electrons. The van der Waals surface area contributed by atoms with Crippen molar-refractivity contribution in [1.29, 1.82) is 0 Å². The zero-order chi connectivity index (χ0) is 18.9. The van der Waals surface area contributed by atoms with Gasteiger partial charge in [0.05, 0.1) is 5.69 Å². The lowest BCUT2D eigenvalue weighted by Gasteiger charge is -2.10. The van der Waals surface area contributed by atoms with Gasteiger partial charge in [0.25, 0.3) is 0 Å². The van der Waals surface area contributed by atoms with Gasteiger partial charge in [0.15, 0.2) is 0 Å². The Morgan fingerprint density at radius 3 is 2.20 bits per heavy atom. The highest BCUT2D eigenvalue weighted by Gasteiger charge is 2.45. The van der Waals surface area contributed by atoms with Crippen LogP contribution in [-0.4, -0.2) is 13.9 Å². The molecule has 8 heteroatoms. The van der Waals surface area contributed by atoms with E-state index >= 15 is 0 Å². The number of nitrogens with one attached hydrogen (secondary N) is 1. The Labute approximate surface area is 145 Å². The first kappa shape index (κ1) is 20.8. The summed E-state index contributed by atoms with van der Waals surface area (Å²) >= 11 is 0. The van der Waals surface area contributed by atoms with Crippen molar-refractivity contribution in [3.8, 4) is 0 Å². The van der Waals surface area contributed by atoms with Crippen molar-refractivity contribution in [2.75, 3.05) is 10.5 Å². The number of halogens is 3. The van der Waals surface area contributed by atoms with Crippen molar-refractivity contribution in [2.24, 2.45) is 0 Å². The molecule has 0 heterocycles. The summed E-state index contributed by atoms with van der Waals surface area (Å²) in [5, 5.41) is 0. The highest BCUT2D eigenvalue weighted by atomic mass is 32.2. The van der Waals surface area contributed by atoms with Gasteiger partial charge < -0.3 is 5.73 Å². The zero-order valence-electron chi connectivity index (χ0n) is 13.8. The smallest absolute Gasteiger partial charge is 0.399 e. The highest BCUT2D eigenvalue weighted by Crippen LogP contribution is 2.25. The lowest BCUT2D eigenvalue weighted by atomic mass is 10.1. The van der Waals surface area contributed by atoms with Crippen molar-refractivity contribution in [1.82, 2.24) is 0 Å². The molecule has 0 aliphatic heterocycles. The molecule has 0 saturated carbocycles. The maximum atomic E-state index is 11.9. The zero-order valence-corrected chi connectivity index (χ0v) is 14.6. The number of hydrogen-bond acceptors (Lipinski definition) is 3. The monoisotopic (exact) mass is 374 g/mol. The Bertz CT molecular complexity index is 748. The average molecular weight is 374 g/mol. The summed E-state index contributed by atoms with van der Waals surface area (Å²) in [6.45, 7) is 2.23. The number of benzene rings is 2. The normalized spacial score (nSPS) is 11.4. The first-order valence-electron chi connectivity index (χ1n) is 7.64. The minimum atomic E-state index is -5.37. The van der Waals surface area contributed by atoms with Crippen LogP contribution >= 0.6 is 0 Å². The predicted molar refractivity (Wildman–Crippen MR) is 94.5 cm³/mol. The Balaban J connectivity index is 0.000000271. The summed E-state index contributed by atoms with van der Waals surface area (Å²) in [5.74, 6) is 0. The third-order valence-corrected chi connectivity index (χ3v) is 4.22. The van der Waals surface area contributed by atoms with E-state index in [2.05, 4.69) is 37.3 Å². The fraction of sp³-hybridized carbons (Fsp3) is 0.294. The van der Waals surface area contributed by atoms with Crippen molar-refractivity contribution >= 4 is 21.4 Å². The predicted octanol–water partition coefficient (Wildman–Crippen LogP) is 4.56. The molecule has 0 unspecified atom stereocenters. The fourth-order valence-electron chi connectivity index (χ4n) is 1.84. The molecule has 2 aromatic carbocycles. The molecule has 0 saturated heterocycles. The van der Waals surface area contributed by atoms with Crippen molar-refractivity contribution in [3.63, 3.8) is 0 Å². The molecule has 0 bridgehead atoms. The third-order valence-electron chi connectivity index (χ3n) is 3.11. The van der Waals surface area contributed by atoms with E-state index in [0.717, 1.165) is 6.07 Å². The lowest BCUT2D eigenvalue weighted by Crippen LogP contribution is -2.29. The summed E-state index contributed by atoms with van der Waals surface area (Å²) < 4.78 is 58.5. The van der Waals surface area contributed by atoms with E-state index in [1.165, 1.54) is 47.7 Å². The van der Waals surface area contributed by atoms with Gasteiger partial charge in [-0.15, -0.1) is 0 Å². The Morgan fingerprint density at radius 2 is 1.68 bits per heavy atom. The number of aryl methyl sites for hydroxylation is 1. The largest absolute Gasteiger partial charge is 0.516 e. The molecule has 2 rings (SSSR count). The highest BCUT2D eigenvalue weighted by molar-refractivity contribution is 7.93. The van der Waals surface area contributed by atoms with Gasteiger partial charge in [-0.05, 0) is 36.6 Å². The number of nitrogens with two attached hydrogens (primary N) is 1. The van der Waals surface area contributed by atoms with Gasteiger partial charge in [-0.2, -0.15) is 21.6 Å². The number of alkyl halides is 3. The van der Waals surface area contributed by atoms with Crippen LogP contribution in [-0.2, 0) is 16.4 Å². The molecule has 3 N–H and O–H groups in total. The van der Waals surface area contributed by atoms with E-state index in [1.807, 2.05) is 0 Å². The quantitative estimate of drug-likeness (QED) is 0.754. The number of sulfonamides is 1. The summed E-state index contributed by atoms with van der Waals surface area (Å²) in [7, 11) is -5.37. The first-order chi connectivity index (χ1) is 11.7. The SMILES string of the molecule is CCCCc1ccccc1.Nc1cccc(NS(=O)(=O)C(F)(F)F)c1. The molecule has 2 aromatic rings. The molecule has 0 atom stereocenters. The summed E-state index contributed by atoms with van der Waals surface area (Å²) in [6, 6.07) is 15.7. The minimum absolute atomic E-state index is 0.164. The summed E-state index contributed by atoms with van der Waals surface area (Å²) in [4.78, 5) is 0. The number of unbranched alkanes of at least 4 members (excludes halogenated alkanes) is 1. The third kappa shape index (κ3) is 7.47. The van der Waals surface area contributed by atoms with Crippen LogP contribution in [0.5, 0.6) is 0 Å². The van der Waals surface area contributed by atoms with E-state index in [4.69, 9.17) is 5.73 Å². The summed E-state index contributed by atoms with van der Waals surface area (Å²) in [5.41, 5.74) is 1.33. The molecule has 25 heavy (non-hydrogen) atoms. The second kappa shape index (κ2) is 9.31. The van der Waals surface area contributed by atoms with Crippen LogP contribution in [0.3, 0.4) is 0 Å². The van der Waals surface area contributed by atoms with Gasteiger partial charge in [0.1, 0.15) is 0 Å². The molecule has 0 spiro atoms. The Hall–Kier alpha value is -2.22. The van der Waals surface area contributed by atoms with Crippen LogP contribution in [0.2, 0.25) is 0 Å². The van der Waals surface area contributed by atoms with Gasteiger partial charge >= 0.3 is 15.5 Å². The maximum absolute atomic E-state index is 11.9. The van der Waals surface area contributed by atoms with Gasteiger partial charge in [0.2, 0.25) is 0 Å². The van der Waals surface area contributed by atoms with Gasteiger partial charge in [-0.1, -0.05) is 49.7 Å².